The van der Waals surface area contributed by atoms with Gasteiger partial charge in [-0.1, -0.05) is 6.07 Å². The van der Waals surface area contributed by atoms with E-state index in [9.17, 15) is 17.6 Å². The number of nitrogens with zero attached hydrogens (tertiary/aromatic N) is 5. The Bertz CT molecular complexity index is 1390. The Morgan fingerprint density at radius 3 is 2.28 bits per heavy atom. The van der Waals surface area contributed by atoms with E-state index in [2.05, 4.69) is 35.6 Å². The van der Waals surface area contributed by atoms with E-state index in [4.69, 9.17) is 14.2 Å². The minimum Gasteiger partial charge on any atom is -0.494 e. The van der Waals surface area contributed by atoms with Crippen LogP contribution in [0, 0.1) is 5.82 Å². The standard InChI is InChI=1S/C23H29FN8O6S/c1-6-32-11-10-16(30-32)22(33)28-29-23(27-19-17(36-3)8-7-9-18(19)37-4)31-39(34,35)14(2)20(38-5)21-25-12-15(24)13-26-21/h7-14,20H,6H2,1-5H3,(H,28,33)(H2,27,29,31)/t14-,20-/m0/s1. The summed E-state index contributed by atoms with van der Waals surface area (Å²) in [5, 5.41) is 5.58. The molecule has 14 nitrogen and oxygen atoms in total. The second-order valence-electron chi connectivity index (χ2n) is 7.87. The van der Waals surface area contributed by atoms with Crippen LogP contribution < -0.4 is 25.6 Å². The molecule has 2 aromatic heterocycles. The first-order valence-electron chi connectivity index (χ1n) is 11.5. The van der Waals surface area contributed by atoms with Crippen molar-refractivity contribution in [2.45, 2.75) is 31.7 Å². The molecule has 210 valence electrons. The predicted molar refractivity (Wildman–Crippen MR) is 139 cm³/mol. The first-order chi connectivity index (χ1) is 18.6. The summed E-state index contributed by atoms with van der Waals surface area (Å²) < 4.78 is 61.5. The molecule has 0 fully saturated rings. The number of hydrogen-bond donors (Lipinski definition) is 3. The molecule has 0 saturated heterocycles. The van der Waals surface area contributed by atoms with E-state index in [1.165, 1.54) is 34.3 Å². The zero-order valence-electron chi connectivity index (χ0n) is 21.9. The van der Waals surface area contributed by atoms with E-state index in [0.29, 0.717) is 18.0 Å². The lowest BCUT2D eigenvalue weighted by Crippen LogP contribution is -2.46. The van der Waals surface area contributed by atoms with Gasteiger partial charge in [0.05, 0.1) is 26.6 Å². The Balaban J connectivity index is 1.97. The van der Waals surface area contributed by atoms with Crippen LogP contribution in [0.3, 0.4) is 0 Å². The number of nitrogens with one attached hydrogen (secondary N) is 3. The van der Waals surface area contributed by atoms with Crippen molar-refractivity contribution in [3.63, 3.8) is 0 Å². The summed E-state index contributed by atoms with van der Waals surface area (Å²) in [6, 6.07) is 6.40. The Morgan fingerprint density at radius 1 is 1.10 bits per heavy atom. The fourth-order valence-electron chi connectivity index (χ4n) is 3.35. The number of hydrogen-bond acceptors (Lipinski definition) is 9. The maximum Gasteiger partial charge on any atom is 0.290 e. The van der Waals surface area contributed by atoms with Gasteiger partial charge < -0.3 is 19.5 Å². The van der Waals surface area contributed by atoms with Gasteiger partial charge in [0.25, 0.3) is 15.9 Å². The van der Waals surface area contributed by atoms with Crippen LogP contribution in [0.1, 0.15) is 36.3 Å². The monoisotopic (exact) mass is 564 g/mol. The fraction of sp³-hybridized carbons (Fsp3) is 0.348. The van der Waals surface area contributed by atoms with Gasteiger partial charge >= 0.3 is 0 Å². The van der Waals surface area contributed by atoms with E-state index < -0.39 is 39.1 Å². The van der Waals surface area contributed by atoms with Gasteiger partial charge in [0.15, 0.2) is 17.3 Å². The van der Waals surface area contributed by atoms with Gasteiger partial charge in [0.1, 0.15) is 28.5 Å². The zero-order chi connectivity index (χ0) is 28.6. The van der Waals surface area contributed by atoms with Gasteiger partial charge in [0.2, 0.25) is 5.96 Å². The molecule has 2 atom stereocenters. The normalized spacial score (nSPS) is 13.3. The molecule has 1 aromatic carbocycles. The van der Waals surface area contributed by atoms with E-state index in [1.54, 1.807) is 29.1 Å². The van der Waals surface area contributed by atoms with Gasteiger partial charge in [-0.25, -0.2) is 22.8 Å². The van der Waals surface area contributed by atoms with Gasteiger partial charge in [-0.15, -0.1) is 4.40 Å². The molecule has 3 rings (SSSR count). The number of methoxy groups -OCH3 is 3. The average molecular weight is 565 g/mol. The number of ether oxygens (including phenoxy) is 3. The SMILES string of the molecule is CCn1ccc(C(=O)NN/C(=N\S(=O)(=O)[C@@H](C)[C@H](OC)c2ncc(F)cn2)Nc2c(OC)cccc2OC)n1. The van der Waals surface area contributed by atoms with Crippen LogP contribution >= 0.6 is 0 Å². The molecule has 3 N–H and O–H groups in total. The highest BCUT2D eigenvalue weighted by atomic mass is 32.2. The number of para-hydroxylation sites is 1. The molecule has 1 amide bonds. The van der Waals surface area contributed by atoms with Gasteiger partial charge in [-0.05, 0) is 32.0 Å². The number of halogens is 1. The van der Waals surface area contributed by atoms with Crippen molar-refractivity contribution in [2.75, 3.05) is 26.6 Å². The number of aromatic nitrogens is 4. The third kappa shape index (κ3) is 7.17. The molecule has 0 bridgehead atoms. The summed E-state index contributed by atoms with van der Waals surface area (Å²) in [5.41, 5.74) is 5.18. The average Bonchev–Trinajstić information content (AvgIpc) is 3.42. The largest absolute Gasteiger partial charge is 0.494 e. The lowest BCUT2D eigenvalue weighted by molar-refractivity contribution is 0.0936. The molecular formula is C23H29FN8O6S. The van der Waals surface area contributed by atoms with E-state index >= 15 is 0 Å². The van der Waals surface area contributed by atoms with Crippen molar-refractivity contribution >= 4 is 27.6 Å². The predicted octanol–water partition coefficient (Wildman–Crippen LogP) is 1.66. The molecule has 16 heteroatoms. The molecule has 0 spiro atoms. The molecule has 0 radical (unpaired) electrons. The molecule has 0 aliphatic rings. The molecule has 39 heavy (non-hydrogen) atoms. The highest BCUT2D eigenvalue weighted by Gasteiger charge is 2.33. The minimum atomic E-state index is -4.39. The second-order valence-corrected chi connectivity index (χ2v) is 9.83. The van der Waals surface area contributed by atoms with Crippen molar-refractivity contribution in [3.8, 4) is 11.5 Å². The van der Waals surface area contributed by atoms with Crippen LogP contribution in [0.4, 0.5) is 10.1 Å². The summed E-state index contributed by atoms with van der Waals surface area (Å²) in [5.74, 6) is -1.19. The smallest absolute Gasteiger partial charge is 0.290 e. The van der Waals surface area contributed by atoms with Crippen LogP contribution in [0.2, 0.25) is 0 Å². The summed E-state index contributed by atoms with van der Waals surface area (Å²) in [6.07, 6.45) is 2.23. The van der Waals surface area contributed by atoms with Crippen LogP contribution in [0.15, 0.2) is 47.3 Å². The highest BCUT2D eigenvalue weighted by Crippen LogP contribution is 2.34. The zero-order valence-corrected chi connectivity index (χ0v) is 22.7. The Morgan fingerprint density at radius 2 is 1.74 bits per heavy atom. The molecule has 0 saturated carbocycles. The number of aryl methyl sites for hydroxylation is 1. The van der Waals surface area contributed by atoms with Crippen molar-refractivity contribution < 1.29 is 31.8 Å². The summed E-state index contributed by atoms with van der Waals surface area (Å²) in [4.78, 5) is 20.3. The Kier molecular flexibility index (Phi) is 9.73. The topological polar surface area (TPSA) is 171 Å². The van der Waals surface area contributed by atoms with Gasteiger partial charge in [0, 0.05) is 19.9 Å². The molecule has 0 unspecified atom stereocenters. The Labute approximate surface area is 224 Å². The molecular weight excluding hydrogens is 535 g/mol. The molecule has 3 aromatic rings. The maximum absolute atomic E-state index is 13.4. The number of sulfonamides is 1. The minimum absolute atomic E-state index is 0.0566. The maximum atomic E-state index is 13.4. The van der Waals surface area contributed by atoms with Crippen molar-refractivity contribution in [2.24, 2.45) is 4.40 Å². The lowest BCUT2D eigenvalue weighted by atomic mass is 10.2. The quantitative estimate of drug-likeness (QED) is 0.186. The summed E-state index contributed by atoms with van der Waals surface area (Å²) >= 11 is 0. The Hall–Kier alpha value is -4.31. The lowest BCUT2D eigenvalue weighted by Gasteiger charge is -2.21. The second kappa shape index (κ2) is 13.0. The fourth-order valence-corrected chi connectivity index (χ4v) is 4.41. The molecule has 0 aliphatic heterocycles. The molecule has 0 aliphatic carbocycles. The number of rotatable bonds is 10. The first-order valence-corrected chi connectivity index (χ1v) is 13.1. The van der Waals surface area contributed by atoms with Crippen LogP contribution in [-0.4, -0.2) is 66.6 Å². The van der Waals surface area contributed by atoms with Crippen LogP contribution in [-0.2, 0) is 21.3 Å². The number of guanidine groups is 1. The molecule has 2 heterocycles. The number of amides is 1. The van der Waals surface area contributed by atoms with Crippen molar-refractivity contribution in [3.05, 3.63) is 60.2 Å². The number of hydrazine groups is 1. The van der Waals surface area contributed by atoms with Crippen LogP contribution in [0.25, 0.3) is 0 Å². The van der Waals surface area contributed by atoms with Gasteiger partial charge in [-0.3, -0.25) is 20.3 Å². The summed E-state index contributed by atoms with van der Waals surface area (Å²) in [6.45, 7) is 3.74. The highest BCUT2D eigenvalue weighted by molar-refractivity contribution is 7.90. The number of anilines is 1. The third-order valence-corrected chi connectivity index (χ3v) is 7.05. The number of benzene rings is 1. The van der Waals surface area contributed by atoms with Crippen molar-refractivity contribution in [1.29, 1.82) is 0 Å². The van der Waals surface area contributed by atoms with E-state index in [0.717, 1.165) is 12.4 Å². The van der Waals surface area contributed by atoms with Gasteiger partial charge in [-0.2, -0.15) is 5.10 Å². The number of carbonyl (C=O) groups excluding carboxylic acids is 1. The summed E-state index contributed by atoms with van der Waals surface area (Å²) in [7, 11) is -0.291. The first kappa shape index (κ1) is 29.2. The van der Waals surface area contributed by atoms with E-state index in [1.807, 2.05) is 6.92 Å². The number of carbonyl (C=O) groups is 1. The van der Waals surface area contributed by atoms with E-state index in [-0.39, 0.29) is 17.2 Å². The van der Waals surface area contributed by atoms with Crippen LogP contribution in [0.5, 0.6) is 11.5 Å². The third-order valence-electron chi connectivity index (χ3n) is 5.43. The van der Waals surface area contributed by atoms with Crippen molar-refractivity contribution in [1.82, 2.24) is 30.6 Å².